The number of amides is 1. The summed E-state index contributed by atoms with van der Waals surface area (Å²) in [4.78, 5) is 14.9. The molecule has 0 saturated carbocycles. The zero-order valence-electron chi connectivity index (χ0n) is 18.6. The summed E-state index contributed by atoms with van der Waals surface area (Å²) in [5.74, 6) is 2.49. The van der Waals surface area contributed by atoms with Gasteiger partial charge in [-0.15, -0.1) is 0 Å². The molecule has 0 aliphatic carbocycles. The molecule has 0 radical (unpaired) electrons. The normalized spacial score (nSPS) is 15.2. The molecule has 2 aromatic carbocycles. The summed E-state index contributed by atoms with van der Waals surface area (Å²) < 4.78 is 16.1. The fourth-order valence-corrected chi connectivity index (χ4v) is 3.91. The van der Waals surface area contributed by atoms with Crippen molar-refractivity contribution < 1.29 is 19.0 Å². The fourth-order valence-electron chi connectivity index (χ4n) is 3.91. The Balaban J connectivity index is 1.46. The Labute approximate surface area is 185 Å². The van der Waals surface area contributed by atoms with Gasteiger partial charge in [0.25, 0.3) is 0 Å². The Kier molecular flexibility index (Phi) is 9.03. The molecule has 0 spiro atoms. The summed E-state index contributed by atoms with van der Waals surface area (Å²) in [6.45, 7) is 3.27. The van der Waals surface area contributed by atoms with Gasteiger partial charge in [0.05, 0.1) is 26.9 Å². The summed E-state index contributed by atoms with van der Waals surface area (Å²) in [5.41, 5.74) is 1.21. The van der Waals surface area contributed by atoms with Crippen molar-refractivity contribution in [3.8, 4) is 17.2 Å². The first-order chi connectivity index (χ1) is 15.2. The molecule has 6 nitrogen and oxygen atoms in total. The molecule has 6 heteroatoms. The molecule has 1 aliphatic rings. The number of benzene rings is 2. The van der Waals surface area contributed by atoms with E-state index in [2.05, 4.69) is 22.3 Å². The number of hydrogen-bond donors (Lipinski definition) is 1. The van der Waals surface area contributed by atoms with Crippen LogP contribution in [-0.2, 0) is 4.79 Å². The molecule has 0 aromatic heterocycles. The summed E-state index contributed by atoms with van der Waals surface area (Å²) >= 11 is 0. The fraction of sp³-hybridized carbons (Fsp3) is 0.480. The lowest BCUT2D eigenvalue weighted by atomic mass is 10.0. The Morgan fingerprint density at radius 1 is 0.903 bits per heavy atom. The van der Waals surface area contributed by atoms with Crippen LogP contribution < -0.4 is 19.5 Å². The number of hydrogen-bond acceptors (Lipinski definition) is 5. The van der Waals surface area contributed by atoms with Gasteiger partial charge in [0.1, 0.15) is 17.2 Å². The van der Waals surface area contributed by atoms with Crippen molar-refractivity contribution in [3.05, 3.63) is 54.1 Å². The van der Waals surface area contributed by atoms with E-state index in [1.165, 1.54) is 24.8 Å². The summed E-state index contributed by atoms with van der Waals surface area (Å²) in [6, 6.07) is 15.8. The van der Waals surface area contributed by atoms with Gasteiger partial charge in [-0.05, 0) is 74.3 Å². The first-order valence-corrected chi connectivity index (χ1v) is 11.1. The molecule has 168 valence electrons. The van der Waals surface area contributed by atoms with E-state index in [1.54, 1.807) is 14.2 Å². The summed E-state index contributed by atoms with van der Waals surface area (Å²) in [5, 5.41) is 3.14. The van der Waals surface area contributed by atoms with E-state index in [1.807, 2.05) is 36.4 Å². The van der Waals surface area contributed by atoms with Crippen LogP contribution in [0.1, 0.15) is 43.7 Å². The van der Waals surface area contributed by atoms with Crippen LogP contribution in [0.25, 0.3) is 0 Å². The number of piperidine rings is 1. The van der Waals surface area contributed by atoms with Crippen LogP contribution in [0.3, 0.4) is 0 Å². The topological polar surface area (TPSA) is 60.0 Å². The Morgan fingerprint density at radius 3 is 2.10 bits per heavy atom. The molecule has 2 aromatic rings. The molecular formula is C25H34N2O4. The molecule has 1 amide bonds. The number of carbonyl (C=O) groups is 1. The first kappa shape index (κ1) is 22.9. The quantitative estimate of drug-likeness (QED) is 0.546. The van der Waals surface area contributed by atoms with Crippen molar-refractivity contribution in [2.45, 2.75) is 38.1 Å². The van der Waals surface area contributed by atoms with Crippen molar-refractivity contribution in [1.29, 1.82) is 0 Å². The molecule has 3 rings (SSSR count). The van der Waals surface area contributed by atoms with Gasteiger partial charge >= 0.3 is 0 Å². The highest BCUT2D eigenvalue weighted by molar-refractivity contribution is 5.75. The van der Waals surface area contributed by atoms with E-state index in [-0.39, 0.29) is 11.9 Å². The first-order valence-electron chi connectivity index (χ1n) is 11.1. The van der Waals surface area contributed by atoms with Gasteiger partial charge in [-0.1, -0.05) is 18.6 Å². The Hall–Kier alpha value is -2.73. The number of nitrogens with one attached hydrogen (secondary N) is 1. The number of ether oxygens (including phenoxy) is 3. The maximum atomic E-state index is 12.4. The molecule has 31 heavy (non-hydrogen) atoms. The minimum Gasteiger partial charge on any atom is -0.497 e. The second-order valence-corrected chi connectivity index (χ2v) is 7.82. The van der Waals surface area contributed by atoms with E-state index >= 15 is 0 Å². The third-order valence-corrected chi connectivity index (χ3v) is 5.70. The molecule has 1 unspecified atom stereocenters. The van der Waals surface area contributed by atoms with Crippen molar-refractivity contribution in [2.75, 3.05) is 40.5 Å². The number of rotatable bonds is 11. The highest BCUT2D eigenvalue weighted by atomic mass is 16.5. The van der Waals surface area contributed by atoms with E-state index < -0.39 is 0 Å². The molecule has 1 atom stereocenters. The molecule has 1 fully saturated rings. The average molecular weight is 427 g/mol. The number of likely N-dealkylation sites (tertiary alicyclic amines) is 1. The van der Waals surface area contributed by atoms with Gasteiger partial charge in [-0.25, -0.2) is 0 Å². The maximum absolute atomic E-state index is 12.4. The van der Waals surface area contributed by atoms with Crippen LogP contribution in [0, 0.1) is 0 Å². The predicted molar refractivity (Wildman–Crippen MR) is 122 cm³/mol. The maximum Gasteiger partial charge on any atom is 0.220 e. The minimum absolute atomic E-state index is 0.0638. The Bertz CT molecular complexity index is 786. The second-order valence-electron chi connectivity index (χ2n) is 7.82. The van der Waals surface area contributed by atoms with E-state index in [4.69, 9.17) is 14.2 Å². The standard InChI is InChI=1S/C25H34N2O4/c1-29-21-10-8-20(9-11-21)24(27-16-4-3-5-17-27)19-26-25(28)7-6-18-31-23-14-12-22(30-2)13-15-23/h8-15,24H,3-7,16-19H2,1-2H3,(H,26,28). The van der Waals surface area contributed by atoms with Crippen LogP contribution >= 0.6 is 0 Å². The van der Waals surface area contributed by atoms with Crippen LogP contribution in [0.5, 0.6) is 17.2 Å². The van der Waals surface area contributed by atoms with Gasteiger partial charge in [0.15, 0.2) is 0 Å². The van der Waals surface area contributed by atoms with E-state index in [0.29, 0.717) is 26.0 Å². The van der Waals surface area contributed by atoms with Crippen LogP contribution in [-0.4, -0.2) is 51.3 Å². The zero-order chi connectivity index (χ0) is 21.9. The molecule has 0 bridgehead atoms. The lowest BCUT2D eigenvalue weighted by Crippen LogP contribution is -2.40. The Morgan fingerprint density at radius 2 is 1.48 bits per heavy atom. The SMILES string of the molecule is COc1ccc(OCCCC(=O)NCC(c2ccc(OC)cc2)N2CCCCC2)cc1. The van der Waals surface area contributed by atoms with Crippen molar-refractivity contribution in [1.82, 2.24) is 10.2 Å². The summed E-state index contributed by atoms with van der Waals surface area (Å²) in [6.07, 6.45) is 4.83. The highest BCUT2D eigenvalue weighted by Gasteiger charge is 2.22. The molecule has 1 N–H and O–H groups in total. The number of carbonyl (C=O) groups excluding carboxylic acids is 1. The van der Waals surface area contributed by atoms with Crippen LogP contribution in [0.4, 0.5) is 0 Å². The number of methoxy groups -OCH3 is 2. The zero-order valence-corrected chi connectivity index (χ0v) is 18.6. The summed E-state index contributed by atoms with van der Waals surface area (Å²) in [7, 11) is 3.31. The van der Waals surface area contributed by atoms with Crippen molar-refractivity contribution in [2.24, 2.45) is 0 Å². The lowest BCUT2D eigenvalue weighted by molar-refractivity contribution is -0.121. The van der Waals surface area contributed by atoms with Crippen molar-refractivity contribution >= 4 is 5.91 Å². The second kappa shape index (κ2) is 12.2. The molecule has 1 heterocycles. The van der Waals surface area contributed by atoms with Crippen LogP contribution in [0.15, 0.2) is 48.5 Å². The monoisotopic (exact) mass is 426 g/mol. The van der Waals surface area contributed by atoms with E-state index in [9.17, 15) is 4.79 Å². The lowest BCUT2D eigenvalue weighted by Gasteiger charge is -2.35. The third kappa shape index (κ3) is 7.17. The van der Waals surface area contributed by atoms with Gasteiger partial charge in [0, 0.05) is 13.0 Å². The van der Waals surface area contributed by atoms with Crippen molar-refractivity contribution in [3.63, 3.8) is 0 Å². The van der Waals surface area contributed by atoms with Crippen LogP contribution in [0.2, 0.25) is 0 Å². The van der Waals surface area contributed by atoms with Gasteiger partial charge < -0.3 is 19.5 Å². The minimum atomic E-state index is 0.0638. The van der Waals surface area contributed by atoms with Gasteiger partial charge in [-0.3, -0.25) is 9.69 Å². The van der Waals surface area contributed by atoms with Gasteiger partial charge in [-0.2, -0.15) is 0 Å². The average Bonchev–Trinajstić information content (AvgIpc) is 2.83. The molecular weight excluding hydrogens is 392 g/mol. The molecule has 1 saturated heterocycles. The predicted octanol–water partition coefficient (Wildman–Crippen LogP) is 4.21. The van der Waals surface area contributed by atoms with Gasteiger partial charge in [0.2, 0.25) is 5.91 Å². The number of nitrogens with zero attached hydrogens (tertiary/aromatic N) is 1. The molecule has 1 aliphatic heterocycles. The largest absolute Gasteiger partial charge is 0.497 e. The smallest absolute Gasteiger partial charge is 0.220 e. The van der Waals surface area contributed by atoms with E-state index in [0.717, 1.165) is 30.3 Å². The highest BCUT2D eigenvalue weighted by Crippen LogP contribution is 2.26. The third-order valence-electron chi connectivity index (χ3n) is 5.70.